The van der Waals surface area contributed by atoms with Crippen LogP contribution in [-0.4, -0.2) is 23.1 Å². The van der Waals surface area contributed by atoms with Crippen LogP contribution in [0.2, 0.25) is 0 Å². The van der Waals surface area contributed by atoms with Crippen LogP contribution >= 0.6 is 0 Å². The van der Waals surface area contributed by atoms with Crippen molar-refractivity contribution in [2.45, 2.75) is 33.2 Å². The lowest BCUT2D eigenvalue weighted by atomic mass is 9.99. The first-order valence-electron chi connectivity index (χ1n) is 6.52. The number of carboxylic acid groups (broad SMARTS) is 1. The second-order valence-electron chi connectivity index (χ2n) is 4.88. The lowest BCUT2D eigenvalue weighted by Crippen LogP contribution is -2.46. The van der Waals surface area contributed by atoms with Crippen LogP contribution in [-0.2, 0) is 4.79 Å². The Morgan fingerprint density at radius 2 is 1.90 bits per heavy atom. The summed E-state index contributed by atoms with van der Waals surface area (Å²) in [7, 11) is 0. The number of halogens is 2. The zero-order valence-corrected chi connectivity index (χ0v) is 12.0. The number of hydrogen-bond donors (Lipinski definition) is 3. The summed E-state index contributed by atoms with van der Waals surface area (Å²) in [5.41, 5.74) is -0.231. The van der Waals surface area contributed by atoms with Crippen LogP contribution in [0, 0.1) is 24.5 Å². The first kappa shape index (κ1) is 16.9. The summed E-state index contributed by atoms with van der Waals surface area (Å²) in [6.45, 7) is 4.85. The minimum Gasteiger partial charge on any atom is -0.480 e. The van der Waals surface area contributed by atoms with Gasteiger partial charge in [0.25, 0.3) is 0 Å². The van der Waals surface area contributed by atoms with Crippen molar-refractivity contribution in [2.24, 2.45) is 5.92 Å². The van der Waals surface area contributed by atoms with Crippen molar-refractivity contribution in [3.63, 3.8) is 0 Å². The highest BCUT2D eigenvalue weighted by Gasteiger charge is 2.25. The molecule has 2 atom stereocenters. The van der Waals surface area contributed by atoms with Gasteiger partial charge in [0.2, 0.25) is 0 Å². The summed E-state index contributed by atoms with van der Waals surface area (Å²) in [6.07, 6.45) is 0.546. The zero-order chi connectivity index (χ0) is 16.2. The molecule has 0 saturated carbocycles. The van der Waals surface area contributed by atoms with E-state index in [0.29, 0.717) is 6.42 Å². The minimum atomic E-state index is -1.19. The van der Waals surface area contributed by atoms with Crippen LogP contribution in [0.1, 0.15) is 25.8 Å². The van der Waals surface area contributed by atoms with Gasteiger partial charge in [0.05, 0.1) is 5.69 Å². The molecule has 1 aromatic carbocycles. The third-order valence-corrected chi connectivity index (χ3v) is 3.26. The van der Waals surface area contributed by atoms with Gasteiger partial charge in [-0.1, -0.05) is 20.3 Å². The molecule has 7 heteroatoms. The van der Waals surface area contributed by atoms with E-state index in [2.05, 4.69) is 10.6 Å². The number of aliphatic carboxylic acids is 1. The van der Waals surface area contributed by atoms with E-state index < -0.39 is 29.7 Å². The molecule has 1 unspecified atom stereocenters. The molecular weight excluding hydrogens is 282 g/mol. The Morgan fingerprint density at radius 3 is 2.43 bits per heavy atom. The van der Waals surface area contributed by atoms with Crippen LogP contribution in [0.15, 0.2) is 12.1 Å². The summed E-state index contributed by atoms with van der Waals surface area (Å²) < 4.78 is 26.9. The van der Waals surface area contributed by atoms with Gasteiger partial charge in [-0.05, 0) is 24.5 Å². The first-order chi connectivity index (χ1) is 9.76. The van der Waals surface area contributed by atoms with E-state index in [1.807, 2.05) is 0 Å². The number of aryl methyl sites for hydroxylation is 1. The number of urea groups is 1. The molecule has 1 rings (SSSR count). The minimum absolute atomic E-state index is 0.112. The molecule has 0 saturated heterocycles. The Bertz CT molecular complexity index is 549. The van der Waals surface area contributed by atoms with Crippen molar-refractivity contribution in [1.29, 1.82) is 0 Å². The molecule has 0 aromatic heterocycles. The molecule has 21 heavy (non-hydrogen) atoms. The van der Waals surface area contributed by atoms with Crippen molar-refractivity contribution >= 4 is 17.7 Å². The Balaban J connectivity index is 2.81. The van der Waals surface area contributed by atoms with Gasteiger partial charge in [-0.2, -0.15) is 0 Å². The van der Waals surface area contributed by atoms with Gasteiger partial charge < -0.3 is 15.7 Å². The van der Waals surface area contributed by atoms with Crippen molar-refractivity contribution in [3.8, 4) is 0 Å². The number of anilines is 1. The number of hydrogen-bond acceptors (Lipinski definition) is 2. The molecule has 5 nitrogen and oxygen atoms in total. The van der Waals surface area contributed by atoms with E-state index in [4.69, 9.17) is 5.11 Å². The van der Waals surface area contributed by atoms with Gasteiger partial charge in [0.1, 0.15) is 17.7 Å². The maximum Gasteiger partial charge on any atom is 0.326 e. The van der Waals surface area contributed by atoms with E-state index in [-0.39, 0.29) is 17.2 Å². The number of amides is 2. The third kappa shape index (κ3) is 4.40. The fraction of sp³-hybridized carbons (Fsp3) is 0.429. The van der Waals surface area contributed by atoms with Gasteiger partial charge >= 0.3 is 12.0 Å². The molecule has 0 heterocycles. The standard InChI is InChI=1S/C14H18F2N2O3/c1-4-7(2)12(13(19)20)18-14(21)17-11-6-9(15)8(3)5-10(11)16/h5-7,12H,4H2,1-3H3,(H,19,20)(H2,17,18,21)/t7?,12-/m0/s1. The van der Waals surface area contributed by atoms with Crippen molar-refractivity contribution in [3.05, 3.63) is 29.3 Å². The highest BCUT2D eigenvalue weighted by atomic mass is 19.1. The molecular formula is C14H18F2N2O3. The topological polar surface area (TPSA) is 78.4 Å². The van der Waals surface area contributed by atoms with Crippen molar-refractivity contribution in [2.75, 3.05) is 5.32 Å². The van der Waals surface area contributed by atoms with Gasteiger partial charge in [-0.15, -0.1) is 0 Å². The average molecular weight is 300 g/mol. The van der Waals surface area contributed by atoms with Gasteiger partial charge in [0, 0.05) is 6.07 Å². The SMILES string of the molecule is CCC(C)[C@H](NC(=O)Nc1cc(F)c(C)cc1F)C(=O)O. The van der Waals surface area contributed by atoms with Crippen LogP contribution in [0.4, 0.5) is 19.3 Å². The van der Waals surface area contributed by atoms with E-state index in [9.17, 15) is 18.4 Å². The second-order valence-corrected chi connectivity index (χ2v) is 4.88. The summed E-state index contributed by atoms with van der Waals surface area (Å²) >= 11 is 0. The Kier molecular flexibility index (Phi) is 5.63. The van der Waals surface area contributed by atoms with E-state index in [1.165, 1.54) is 6.92 Å². The fourth-order valence-corrected chi connectivity index (χ4v) is 1.72. The van der Waals surface area contributed by atoms with E-state index >= 15 is 0 Å². The van der Waals surface area contributed by atoms with Crippen LogP contribution in [0.3, 0.4) is 0 Å². The molecule has 0 bridgehead atoms. The number of carboxylic acids is 1. The summed E-state index contributed by atoms with van der Waals surface area (Å²) in [4.78, 5) is 22.8. The molecule has 0 radical (unpaired) electrons. The largest absolute Gasteiger partial charge is 0.480 e. The Labute approximate surface area is 121 Å². The van der Waals surface area contributed by atoms with Crippen molar-refractivity contribution in [1.82, 2.24) is 5.32 Å². The van der Waals surface area contributed by atoms with Crippen LogP contribution in [0.5, 0.6) is 0 Å². The highest BCUT2D eigenvalue weighted by Crippen LogP contribution is 2.19. The van der Waals surface area contributed by atoms with E-state index in [1.54, 1.807) is 13.8 Å². The smallest absolute Gasteiger partial charge is 0.326 e. The molecule has 1 aromatic rings. The normalized spacial score (nSPS) is 13.4. The van der Waals surface area contributed by atoms with Gasteiger partial charge in [-0.3, -0.25) is 0 Å². The number of nitrogens with one attached hydrogen (secondary N) is 2. The highest BCUT2D eigenvalue weighted by molar-refractivity contribution is 5.92. The molecule has 0 aliphatic heterocycles. The third-order valence-electron chi connectivity index (χ3n) is 3.26. The van der Waals surface area contributed by atoms with Gasteiger partial charge in [0.15, 0.2) is 0 Å². The summed E-state index contributed by atoms with van der Waals surface area (Å²) in [5.74, 6) is -2.94. The molecule has 0 aliphatic rings. The summed E-state index contributed by atoms with van der Waals surface area (Å²) in [6, 6.07) is -0.199. The maximum atomic E-state index is 13.6. The summed E-state index contributed by atoms with van der Waals surface area (Å²) in [5, 5.41) is 13.4. The first-order valence-corrected chi connectivity index (χ1v) is 6.52. The number of rotatable bonds is 5. The Hall–Kier alpha value is -2.18. The number of benzene rings is 1. The molecule has 2 amide bonds. The Morgan fingerprint density at radius 1 is 1.29 bits per heavy atom. The van der Waals surface area contributed by atoms with E-state index in [0.717, 1.165) is 12.1 Å². The lowest BCUT2D eigenvalue weighted by molar-refractivity contribution is -0.140. The predicted molar refractivity (Wildman–Crippen MR) is 74.1 cm³/mol. The average Bonchev–Trinajstić information content (AvgIpc) is 2.41. The lowest BCUT2D eigenvalue weighted by Gasteiger charge is -2.20. The number of carbonyl (C=O) groups excluding carboxylic acids is 1. The van der Waals surface area contributed by atoms with Crippen molar-refractivity contribution < 1.29 is 23.5 Å². The fourth-order valence-electron chi connectivity index (χ4n) is 1.72. The zero-order valence-electron chi connectivity index (χ0n) is 12.0. The molecule has 116 valence electrons. The molecule has 3 N–H and O–H groups in total. The maximum absolute atomic E-state index is 13.6. The van der Waals surface area contributed by atoms with Gasteiger partial charge in [-0.25, -0.2) is 18.4 Å². The van der Waals surface area contributed by atoms with Crippen LogP contribution < -0.4 is 10.6 Å². The monoisotopic (exact) mass is 300 g/mol. The molecule has 0 spiro atoms. The molecule has 0 aliphatic carbocycles. The quantitative estimate of drug-likeness (QED) is 0.782. The van der Waals surface area contributed by atoms with Crippen LogP contribution in [0.25, 0.3) is 0 Å². The second kappa shape index (κ2) is 7.01. The molecule has 0 fully saturated rings. The predicted octanol–water partition coefficient (Wildman–Crippen LogP) is 2.89. The number of carbonyl (C=O) groups is 2.